The number of likely N-dealkylation sites (N-methyl/N-ethyl adjacent to an activating group) is 1. The number of fused-ring (bicyclic) bond motifs is 1. The lowest BCUT2D eigenvalue weighted by Gasteiger charge is -2.11. The summed E-state index contributed by atoms with van der Waals surface area (Å²) in [6.07, 6.45) is 2.17. The molecule has 1 aromatic heterocycles. The van der Waals surface area contributed by atoms with Gasteiger partial charge in [0, 0.05) is 18.5 Å². The van der Waals surface area contributed by atoms with Crippen LogP contribution >= 0.6 is 11.3 Å². The Hall–Kier alpha value is -1.63. The minimum Gasteiger partial charge on any atom is -0.481 e. The molecule has 2 unspecified atom stereocenters. The molecule has 2 heterocycles. The molecule has 0 saturated carbocycles. The fourth-order valence-electron chi connectivity index (χ4n) is 2.63. The smallest absolute Gasteiger partial charge is 0.312 e. The number of thiazole rings is 1. The van der Waals surface area contributed by atoms with Gasteiger partial charge >= 0.3 is 5.97 Å². The molecule has 102 valence electrons. The Morgan fingerprint density at radius 1 is 1.53 bits per heavy atom. The molecule has 0 aromatic carbocycles. The number of nitrogens with zero attached hydrogens (tertiary/aromatic N) is 2. The minimum atomic E-state index is -0.813. The molecule has 1 aromatic rings. The van der Waals surface area contributed by atoms with E-state index in [9.17, 15) is 9.59 Å². The van der Waals surface area contributed by atoms with Gasteiger partial charge in [-0.3, -0.25) is 9.59 Å². The molecule has 1 fully saturated rings. The fourth-order valence-corrected chi connectivity index (χ4v) is 3.73. The van der Waals surface area contributed by atoms with Crippen molar-refractivity contribution in [1.82, 2.24) is 9.88 Å². The number of hydrogen-bond acceptors (Lipinski definition) is 5. The highest BCUT2D eigenvalue weighted by atomic mass is 32.1. The van der Waals surface area contributed by atoms with E-state index in [-0.39, 0.29) is 11.9 Å². The van der Waals surface area contributed by atoms with Gasteiger partial charge in [0.15, 0.2) is 5.13 Å². The third-order valence-electron chi connectivity index (χ3n) is 3.74. The number of aryl methyl sites for hydroxylation is 1. The molecule has 0 radical (unpaired) electrons. The van der Waals surface area contributed by atoms with Gasteiger partial charge in [0.25, 0.3) is 0 Å². The summed E-state index contributed by atoms with van der Waals surface area (Å²) in [6, 6.07) is -0.223. The van der Waals surface area contributed by atoms with Gasteiger partial charge < -0.3 is 15.3 Å². The van der Waals surface area contributed by atoms with Crippen molar-refractivity contribution in [3.63, 3.8) is 0 Å². The topological polar surface area (TPSA) is 82.5 Å². The van der Waals surface area contributed by atoms with E-state index in [1.807, 2.05) is 0 Å². The minimum absolute atomic E-state index is 0.0742. The summed E-state index contributed by atoms with van der Waals surface area (Å²) in [7, 11) is 1.78. The molecule has 19 heavy (non-hydrogen) atoms. The number of hydrogen-bond donors (Lipinski definition) is 2. The predicted octanol–water partition coefficient (Wildman–Crippen LogP) is 0.900. The summed E-state index contributed by atoms with van der Waals surface area (Å²) < 4.78 is 0. The Morgan fingerprint density at radius 3 is 2.95 bits per heavy atom. The van der Waals surface area contributed by atoms with Crippen LogP contribution in [0.25, 0.3) is 0 Å². The molecule has 0 spiro atoms. The third-order valence-corrected chi connectivity index (χ3v) is 4.80. The highest BCUT2D eigenvalue weighted by Crippen LogP contribution is 2.38. The second-order valence-corrected chi connectivity index (χ2v) is 6.09. The number of carboxylic acids is 1. The lowest BCUT2D eigenvalue weighted by molar-refractivity contribution is -0.138. The zero-order valence-corrected chi connectivity index (χ0v) is 11.4. The monoisotopic (exact) mass is 281 g/mol. The number of aromatic nitrogens is 1. The highest BCUT2D eigenvalue weighted by molar-refractivity contribution is 7.15. The zero-order chi connectivity index (χ0) is 13.6. The van der Waals surface area contributed by atoms with E-state index in [0.717, 1.165) is 24.3 Å². The Bertz CT molecular complexity index is 542. The van der Waals surface area contributed by atoms with Crippen LogP contribution < -0.4 is 5.32 Å². The van der Waals surface area contributed by atoms with Gasteiger partial charge in [-0.1, -0.05) is 0 Å². The summed E-state index contributed by atoms with van der Waals surface area (Å²) >= 11 is 1.48. The number of carbonyl (C=O) groups is 2. The second-order valence-electron chi connectivity index (χ2n) is 5.00. The zero-order valence-electron chi connectivity index (χ0n) is 10.5. The van der Waals surface area contributed by atoms with Gasteiger partial charge in [0.1, 0.15) is 12.0 Å². The van der Waals surface area contributed by atoms with Crippen LogP contribution in [0.1, 0.15) is 29.3 Å². The molecule has 1 aliphatic carbocycles. The number of nitrogens with one attached hydrogen (secondary N) is 1. The Labute approximate surface area is 114 Å². The van der Waals surface area contributed by atoms with Crippen molar-refractivity contribution >= 4 is 28.3 Å². The van der Waals surface area contributed by atoms with Crippen LogP contribution in [0.5, 0.6) is 0 Å². The summed E-state index contributed by atoms with van der Waals surface area (Å²) in [6.45, 7) is 0.749. The van der Waals surface area contributed by atoms with E-state index in [1.54, 1.807) is 11.9 Å². The summed E-state index contributed by atoms with van der Waals surface area (Å²) in [4.78, 5) is 30.0. The van der Waals surface area contributed by atoms with Crippen molar-refractivity contribution in [1.29, 1.82) is 0 Å². The number of rotatable bonds is 3. The first-order valence-electron chi connectivity index (χ1n) is 6.30. The van der Waals surface area contributed by atoms with Gasteiger partial charge in [-0.15, -0.1) is 11.3 Å². The normalized spacial score (nSPS) is 25.7. The molecule has 2 N–H and O–H groups in total. The number of aliphatic carboxylic acids is 1. The summed E-state index contributed by atoms with van der Waals surface area (Å²) in [5.74, 6) is -1.22. The van der Waals surface area contributed by atoms with E-state index >= 15 is 0 Å². The molecule has 1 saturated heterocycles. The van der Waals surface area contributed by atoms with Gasteiger partial charge in [-0.05, 0) is 19.3 Å². The molecule has 7 heteroatoms. The van der Waals surface area contributed by atoms with Crippen LogP contribution in [0.2, 0.25) is 0 Å². The van der Waals surface area contributed by atoms with E-state index in [0.29, 0.717) is 17.2 Å². The Kier molecular flexibility index (Phi) is 2.93. The van der Waals surface area contributed by atoms with Crippen molar-refractivity contribution in [2.75, 3.05) is 18.9 Å². The van der Waals surface area contributed by atoms with E-state index in [1.165, 1.54) is 11.3 Å². The molecule has 1 amide bonds. The lowest BCUT2D eigenvalue weighted by atomic mass is 10.1. The maximum atomic E-state index is 11.8. The van der Waals surface area contributed by atoms with Crippen LogP contribution in [0.4, 0.5) is 5.13 Å². The molecule has 3 rings (SSSR count). The van der Waals surface area contributed by atoms with Crippen molar-refractivity contribution < 1.29 is 14.7 Å². The number of carboxylic acid groups (broad SMARTS) is 1. The maximum absolute atomic E-state index is 11.8. The number of likely N-dealkylation sites (tertiary alicyclic amines) is 1. The largest absolute Gasteiger partial charge is 0.481 e. The van der Waals surface area contributed by atoms with Gasteiger partial charge in [0.2, 0.25) is 5.91 Å². The van der Waals surface area contributed by atoms with Crippen LogP contribution in [-0.2, 0) is 16.0 Å². The lowest BCUT2D eigenvalue weighted by Crippen LogP contribution is -2.30. The molecular formula is C12H15N3O3S. The summed E-state index contributed by atoms with van der Waals surface area (Å²) in [5.41, 5.74) is 0.679. The van der Waals surface area contributed by atoms with Crippen LogP contribution in [0.15, 0.2) is 0 Å². The Balaban J connectivity index is 1.76. The average Bonchev–Trinajstić information content (AvgIpc) is 2.98. The quantitative estimate of drug-likeness (QED) is 0.860. The van der Waals surface area contributed by atoms with Gasteiger partial charge in [-0.25, -0.2) is 4.98 Å². The van der Waals surface area contributed by atoms with E-state index in [4.69, 9.17) is 5.11 Å². The maximum Gasteiger partial charge on any atom is 0.312 e. The second kappa shape index (κ2) is 4.48. The molecule has 2 atom stereocenters. The van der Waals surface area contributed by atoms with Gasteiger partial charge in [0.05, 0.1) is 5.69 Å². The Morgan fingerprint density at radius 2 is 2.32 bits per heavy atom. The standard InChI is InChI=1S/C12H15N3O3S/c1-15-5-4-7(10(15)16)13-12-14-9-6(11(17)18)2-3-8(9)19-12/h6-7H,2-5H2,1H3,(H,13,14)(H,17,18). The number of carbonyl (C=O) groups excluding carboxylic acids is 1. The fraction of sp³-hybridized carbons (Fsp3) is 0.583. The van der Waals surface area contributed by atoms with Gasteiger partial charge in [-0.2, -0.15) is 0 Å². The SMILES string of the molecule is CN1CCC(Nc2nc3c(s2)CCC3C(=O)O)C1=O. The molecule has 6 nitrogen and oxygen atoms in total. The first-order valence-corrected chi connectivity index (χ1v) is 7.12. The van der Waals surface area contributed by atoms with E-state index < -0.39 is 11.9 Å². The first kappa shape index (κ1) is 12.4. The molecule has 0 bridgehead atoms. The van der Waals surface area contributed by atoms with Crippen molar-refractivity contribution in [3.8, 4) is 0 Å². The van der Waals surface area contributed by atoms with Crippen molar-refractivity contribution in [2.24, 2.45) is 0 Å². The van der Waals surface area contributed by atoms with Crippen molar-refractivity contribution in [3.05, 3.63) is 10.6 Å². The van der Waals surface area contributed by atoms with Crippen LogP contribution in [-0.4, -0.2) is 46.5 Å². The highest BCUT2D eigenvalue weighted by Gasteiger charge is 2.34. The first-order chi connectivity index (χ1) is 9.06. The molecular weight excluding hydrogens is 266 g/mol. The van der Waals surface area contributed by atoms with E-state index in [2.05, 4.69) is 10.3 Å². The molecule has 1 aliphatic heterocycles. The van der Waals surface area contributed by atoms with Crippen LogP contribution in [0.3, 0.4) is 0 Å². The van der Waals surface area contributed by atoms with Crippen molar-refractivity contribution in [2.45, 2.75) is 31.2 Å². The average molecular weight is 281 g/mol. The number of amides is 1. The molecule has 2 aliphatic rings. The predicted molar refractivity (Wildman–Crippen MR) is 70.5 cm³/mol. The summed E-state index contributed by atoms with van der Waals surface area (Å²) in [5, 5.41) is 12.9. The number of anilines is 1. The third kappa shape index (κ3) is 2.07. The van der Waals surface area contributed by atoms with Crippen LogP contribution in [0, 0.1) is 0 Å².